The molecule has 0 spiro atoms. The highest BCUT2D eigenvalue weighted by Gasteiger charge is 2.16. The molecule has 138 valence electrons. The number of ketones is 1. The number of para-hydroxylation sites is 1. The lowest BCUT2D eigenvalue weighted by molar-refractivity contribution is -0.137. The van der Waals surface area contributed by atoms with Crippen LogP contribution in [-0.4, -0.2) is 32.1 Å². The van der Waals surface area contributed by atoms with Gasteiger partial charge in [-0.25, -0.2) is 4.79 Å². The quantitative estimate of drug-likeness (QED) is 0.308. The Kier molecular flexibility index (Phi) is 7.15. The lowest BCUT2D eigenvalue weighted by atomic mass is 10.1. The molecule has 2 aromatic carbocycles. The van der Waals surface area contributed by atoms with Crippen LogP contribution in [0.15, 0.2) is 54.1 Å². The molecule has 0 heterocycles. The molecule has 0 fully saturated rings. The summed E-state index contributed by atoms with van der Waals surface area (Å²) in [5.74, 6) is -0.198. The zero-order valence-electron chi connectivity index (χ0n) is 15.1. The lowest BCUT2D eigenvalue weighted by Gasteiger charge is -2.08. The van der Waals surface area contributed by atoms with E-state index in [1.807, 2.05) is 6.92 Å². The predicted octanol–water partition coefficient (Wildman–Crippen LogP) is 3.43. The first-order valence-corrected chi connectivity index (χ1v) is 8.27. The molecule has 0 aliphatic heterocycles. The number of nitrogens with zero attached hydrogens (tertiary/aromatic N) is 1. The number of carbonyl (C=O) groups is 2. The normalized spacial score (nSPS) is 10.6. The molecule has 0 unspecified atom stereocenters. The monoisotopic (exact) mass is 365 g/mol. The number of rotatable bonds is 8. The Labute approximate surface area is 157 Å². The summed E-state index contributed by atoms with van der Waals surface area (Å²) in [5, 5.41) is 9.21. The lowest BCUT2D eigenvalue weighted by Crippen LogP contribution is -2.15. The molecule has 0 atom stereocenters. The summed E-state index contributed by atoms with van der Waals surface area (Å²) in [5.41, 5.74) is 0.747. The van der Waals surface area contributed by atoms with Crippen molar-refractivity contribution in [1.82, 2.24) is 0 Å². The molecule has 0 radical (unpaired) electrons. The highest BCUT2D eigenvalue weighted by Crippen LogP contribution is 2.18. The van der Waals surface area contributed by atoms with Crippen molar-refractivity contribution >= 4 is 17.8 Å². The molecule has 0 aromatic heterocycles. The highest BCUT2D eigenvalue weighted by atomic mass is 16.5. The third kappa shape index (κ3) is 5.44. The summed E-state index contributed by atoms with van der Waals surface area (Å²) in [4.78, 5) is 24.3. The van der Waals surface area contributed by atoms with Gasteiger partial charge in [0.1, 0.15) is 23.1 Å². The Morgan fingerprint density at radius 1 is 1.11 bits per heavy atom. The van der Waals surface area contributed by atoms with Gasteiger partial charge in [-0.15, -0.1) is 0 Å². The summed E-state index contributed by atoms with van der Waals surface area (Å²) < 4.78 is 15.4. The summed E-state index contributed by atoms with van der Waals surface area (Å²) in [6.07, 6.45) is 1.39. The zero-order valence-corrected chi connectivity index (χ0v) is 15.1. The van der Waals surface area contributed by atoms with Gasteiger partial charge in [0.25, 0.3) is 0 Å². The summed E-state index contributed by atoms with van der Waals surface area (Å²) in [7, 11) is 1.45. The van der Waals surface area contributed by atoms with E-state index in [9.17, 15) is 14.9 Å². The molecule has 0 saturated heterocycles. The number of benzene rings is 2. The second kappa shape index (κ2) is 9.78. The molecule has 2 aromatic rings. The number of esters is 1. The topological polar surface area (TPSA) is 85.6 Å². The smallest absolute Gasteiger partial charge is 0.349 e. The molecule has 0 amide bonds. The Balaban J connectivity index is 2.04. The van der Waals surface area contributed by atoms with Crippen molar-refractivity contribution < 1.29 is 23.8 Å². The molecule has 0 aliphatic carbocycles. The molecule has 27 heavy (non-hydrogen) atoms. The van der Waals surface area contributed by atoms with Crippen molar-refractivity contribution in [3.05, 3.63) is 65.2 Å². The molecule has 6 nitrogen and oxygen atoms in total. The predicted molar refractivity (Wildman–Crippen MR) is 99.5 cm³/mol. The SMILES string of the molecule is CCOc1ccc(/C=C(\C#N)C(=O)OCC(=O)c2ccccc2OC)cc1. The van der Waals surface area contributed by atoms with Gasteiger partial charge in [0, 0.05) is 0 Å². The molecular formula is C21H19NO5. The van der Waals surface area contributed by atoms with Crippen molar-refractivity contribution in [1.29, 1.82) is 5.26 Å². The van der Waals surface area contributed by atoms with Crippen LogP contribution in [0.25, 0.3) is 6.08 Å². The van der Waals surface area contributed by atoms with Crippen LogP contribution >= 0.6 is 0 Å². The molecule has 0 aliphatic rings. The average Bonchev–Trinajstić information content (AvgIpc) is 2.71. The van der Waals surface area contributed by atoms with E-state index >= 15 is 0 Å². The van der Waals surface area contributed by atoms with E-state index in [1.165, 1.54) is 13.2 Å². The van der Waals surface area contributed by atoms with Gasteiger partial charge in [-0.2, -0.15) is 5.26 Å². The third-order valence-electron chi connectivity index (χ3n) is 3.58. The maximum atomic E-state index is 12.2. The molecule has 2 rings (SSSR count). The zero-order chi connectivity index (χ0) is 19.6. The Morgan fingerprint density at radius 3 is 2.44 bits per heavy atom. The second-order valence-electron chi connectivity index (χ2n) is 5.37. The van der Waals surface area contributed by atoms with E-state index < -0.39 is 18.4 Å². The van der Waals surface area contributed by atoms with E-state index in [1.54, 1.807) is 54.6 Å². The van der Waals surface area contributed by atoms with Gasteiger partial charge in [-0.3, -0.25) is 4.79 Å². The van der Waals surface area contributed by atoms with Gasteiger partial charge in [-0.1, -0.05) is 24.3 Å². The number of methoxy groups -OCH3 is 1. The largest absolute Gasteiger partial charge is 0.496 e. The Morgan fingerprint density at radius 2 is 1.81 bits per heavy atom. The van der Waals surface area contributed by atoms with E-state index in [4.69, 9.17) is 14.2 Å². The number of carbonyl (C=O) groups excluding carboxylic acids is 2. The molecule has 0 N–H and O–H groups in total. The Bertz CT molecular complexity index is 878. The summed E-state index contributed by atoms with van der Waals surface area (Å²) in [6.45, 7) is 1.94. The van der Waals surface area contributed by atoms with Crippen LogP contribution in [0.2, 0.25) is 0 Å². The number of hydrogen-bond donors (Lipinski definition) is 0. The van der Waals surface area contributed by atoms with Gasteiger partial charge in [0.2, 0.25) is 5.78 Å². The van der Waals surface area contributed by atoms with Gasteiger partial charge in [0.05, 0.1) is 19.3 Å². The van der Waals surface area contributed by atoms with Crippen LogP contribution in [0.3, 0.4) is 0 Å². The molecular weight excluding hydrogens is 346 g/mol. The maximum absolute atomic E-state index is 12.2. The molecule has 6 heteroatoms. The van der Waals surface area contributed by atoms with Crippen molar-refractivity contribution in [2.24, 2.45) is 0 Å². The fraction of sp³-hybridized carbons (Fsp3) is 0.190. The fourth-order valence-electron chi connectivity index (χ4n) is 2.29. The molecule has 0 saturated carbocycles. The van der Waals surface area contributed by atoms with Crippen molar-refractivity contribution in [3.8, 4) is 17.6 Å². The van der Waals surface area contributed by atoms with E-state index in [-0.39, 0.29) is 5.57 Å². The Hall–Kier alpha value is -3.59. The van der Waals surface area contributed by atoms with Crippen molar-refractivity contribution in [3.63, 3.8) is 0 Å². The van der Waals surface area contributed by atoms with Gasteiger partial charge >= 0.3 is 5.97 Å². The number of Topliss-reactive ketones (excluding diaryl/α,β-unsaturated/α-hetero) is 1. The first-order valence-electron chi connectivity index (χ1n) is 8.27. The average molecular weight is 365 g/mol. The number of nitriles is 1. The van der Waals surface area contributed by atoms with Crippen molar-refractivity contribution in [2.75, 3.05) is 20.3 Å². The third-order valence-corrected chi connectivity index (χ3v) is 3.58. The van der Waals surface area contributed by atoms with Crippen LogP contribution in [0, 0.1) is 11.3 Å². The minimum absolute atomic E-state index is 0.202. The van der Waals surface area contributed by atoms with Crippen molar-refractivity contribution in [2.45, 2.75) is 6.92 Å². The van der Waals surface area contributed by atoms with Gasteiger partial charge in [0.15, 0.2) is 6.61 Å². The van der Waals surface area contributed by atoms with Gasteiger partial charge in [-0.05, 0) is 42.8 Å². The maximum Gasteiger partial charge on any atom is 0.349 e. The summed E-state index contributed by atoms with van der Waals surface area (Å²) >= 11 is 0. The standard InChI is InChI=1S/C21H19NO5/c1-3-26-17-10-8-15(9-11-17)12-16(13-22)21(24)27-14-19(23)18-6-4-5-7-20(18)25-2/h4-12H,3,14H2,1-2H3/b16-12+. The van der Waals surface area contributed by atoms with Crippen LogP contribution < -0.4 is 9.47 Å². The minimum atomic E-state index is -0.866. The van der Waals surface area contributed by atoms with Gasteiger partial charge < -0.3 is 14.2 Å². The first kappa shape index (κ1) is 19.7. The minimum Gasteiger partial charge on any atom is -0.496 e. The van der Waals surface area contributed by atoms with Crippen LogP contribution in [-0.2, 0) is 9.53 Å². The van der Waals surface area contributed by atoms with Crippen LogP contribution in [0.4, 0.5) is 0 Å². The van der Waals surface area contributed by atoms with E-state index in [0.717, 1.165) is 0 Å². The van der Waals surface area contributed by atoms with E-state index in [2.05, 4.69) is 0 Å². The number of ether oxygens (including phenoxy) is 3. The summed E-state index contributed by atoms with van der Waals surface area (Å²) in [6, 6.07) is 15.3. The highest BCUT2D eigenvalue weighted by molar-refractivity contribution is 6.03. The first-order chi connectivity index (χ1) is 13.1. The second-order valence-corrected chi connectivity index (χ2v) is 5.37. The van der Waals surface area contributed by atoms with Crippen LogP contribution in [0.5, 0.6) is 11.5 Å². The van der Waals surface area contributed by atoms with E-state index in [0.29, 0.717) is 29.2 Å². The number of hydrogen-bond acceptors (Lipinski definition) is 6. The van der Waals surface area contributed by atoms with Crippen LogP contribution in [0.1, 0.15) is 22.8 Å². The molecule has 0 bridgehead atoms. The fourth-order valence-corrected chi connectivity index (χ4v) is 2.29.